The van der Waals surface area contributed by atoms with Crippen LogP contribution < -0.4 is 5.32 Å². The van der Waals surface area contributed by atoms with Gasteiger partial charge < -0.3 is 19.5 Å². The van der Waals surface area contributed by atoms with Crippen LogP contribution in [0.1, 0.15) is 36.6 Å². The summed E-state index contributed by atoms with van der Waals surface area (Å²) < 4.78 is 47.6. The third kappa shape index (κ3) is 5.61. The van der Waals surface area contributed by atoms with Gasteiger partial charge in [-0.25, -0.2) is 0 Å². The molecule has 1 saturated heterocycles. The van der Waals surface area contributed by atoms with Crippen LogP contribution >= 0.6 is 0 Å². The van der Waals surface area contributed by atoms with Gasteiger partial charge in [-0.3, -0.25) is 4.99 Å². The van der Waals surface area contributed by atoms with Crippen molar-refractivity contribution in [1.29, 1.82) is 0 Å². The molecular weight excluding hydrogens is 405 g/mol. The Kier molecular flexibility index (Phi) is 7.30. The average Bonchev–Trinajstić information content (AvgIpc) is 3.15. The zero-order chi connectivity index (χ0) is 22.5. The van der Waals surface area contributed by atoms with E-state index in [-0.39, 0.29) is 0 Å². The fourth-order valence-electron chi connectivity index (χ4n) is 4.00. The van der Waals surface area contributed by atoms with Crippen molar-refractivity contribution in [2.75, 3.05) is 33.4 Å². The molecule has 1 fully saturated rings. The van der Waals surface area contributed by atoms with E-state index in [1.165, 1.54) is 12.1 Å². The molecule has 0 bridgehead atoms. The van der Waals surface area contributed by atoms with Gasteiger partial charge in [-0.1, -0.05) is 18.2 Å². The highest BCUT2D eigenvalue weighted by molar-refractivity contribution is 5.79. The normalized spacial score (nSPS) is 16.9. The van der Waals surface area contributed by atoms with Gasteiger partial charge in [0.25, 0.3) is 0 Å². The number of hydrogen-bond acceptors (Lipinski definition) is 2. The number of halogens is 3. The Balaban J connectivity index is 1.88. The maximum atomic E-state index is 13.3. The minimum atomic E-state index is -4.37. The van der Waals surface area contributed by atoms with Crippen LogP contribution in [-0.4, -0.2) is 48.8 Å². The molecule has 1 aliphatic rings. The third-order valence-electron chi connectivity index (χ3n) is 5.93. The van der Waals surface area contributed by atoms with Gasteiger partial charge in [0.1, 0.15) is 0 Å². The van der Waals surface area contributed by atoms with Crippen molar-refractivity contribution in [2.45, 2.75) is 37.9 Å². The van der Waals surface area contributed by atoms with Crippen molar-refractivity contribution in [3.05, 3.63) is 59.4 Å². The highest BCUT2D eigenvalue weighted by Crippen LogP contribution is 2.38. The Morgan fingerprint density at radius 3 is 2.58 bits per heavy atom. The first-order valence-electron chi connectivity index (χ1n) is 10.6. The van der Waals surface area contributed by atoms with E-state index in [9.17, 15) is 13.2 Å². The number of guanidine groups is 1. The molecule has 2 aromatic rings. The number of aryl methyl sites for hydroxylation is 1. The molecule has 0 atom stereocenters. The summed E-state index contributed by atoms with van der Waals surface area (Å²) in [6.07, 6.45) is -1.09. The number of benzene rings is 1. The fourth-order valence-corrected chi connectivity index (χ4v) is 4.00. The standard InChI is InChI=1S/C23H31F3N4O/c1-4-27-21(30(3)16-20-9-6-12-29(20)2)28-17-22(10-13-31-14-11-22)18-7-5-8-19(15-18)23(24,25)26/h5-9,12,15H,4,10-11,13-14,16-17H2,1-3H3,(H,27,28). The topological polar surface area (TPSA) is 41.8 Å². The monoisotopic (exact) mass is 436 g/mol. The molecule has 1 aliphatic heterocycles. The van der Waals surface area contributed by atoms with E-state index in [0.29, 0.717) is 51.3 Å². The Labute approximate surface area is 181 Å². The smallest absolute Gasteiger partial charge is 0.381 e. The van der Waals surface area contributed by atoms with Gasteiger partial charge >= 0.3 is 6.18 Å². The summed E-state index contributed by atoms with van der Waals surface area (Å²) in [4.78, 5) is 6.91. The van der Waals surface area contributed by atoms with E-state index in [4.69, 9.17) is 9.73 Å². The van der Waals surface area contributed by atoms with Crippen molar-refractivity contribution in [3.8, 4) is 0 Å². The lowest BCUT2D eigenvalue weighted by atomic mass is 9.74. The predicted molar refractivity (Wildman–Crippen MR) is 116 cm³/mol. The van der Waals surface area contributed by atoms with E-state index in [1.54, 1.807) is 6.07 Å². The van der Waals surface area contributed by atoms with E-state index in [0.717, 1.165) is 17.7 Å². The molecule has 1 aromatic carbocycles. The van der Waals surface area contributed by atoms with Gasteiger partial charge in [-0.05, 0) is 43.5 Å². The first-order valence-corrected chi connectivity index (χ1v) is 10.6. The summed E-state index contributed by atoms with van der Waals surface area (Å²) in [7, 11) is 3.97. The average molecular weight is 437 g/mol. The number of ether oxygens (including phenoxy) is 1. The Morgan fingerprint density at radius 1 is 1.23 bits per heavy atom. The number of nitrogens with one attached hydrogen (secondary N) is 1. The summed E-state index contributed by atoms with van der Waals surface area (Å²) in [5.41, 5.74) is 0.723. The molecule has 2 heterocycles. The van der Waals surface area contributed by atoms with Crippen LogP contribution in [-0.2, 0) is 29.9 Å². The summed E-state index contributed by atoms with van der Waals surface area (Å²) in [5, 5.41) is 3.31. The van der Waals surface area contributed by atoms with Gasteiger partial charge in [-0.2, -0.15) is 13.2 Å². The summed E-state index contributed by atoms with van der Waals surface area (Å²) >= 11 is 0. The molecule has 0 amide bonds. The number of aromatic nitrogens is 1. The SMILES string of the molecule is CCNC(=NCC1(c2cccc(C(F)(F)F)c2)CCOCC1)N(C)Cc1cccn1C. The van der Waals surface area contributed by atoms with Crippen LogP contribution in [0.3, 0.4) is 0 Å². The predicted octanol–water partition coefficient (Wildman–Crippen LogP) is 4.19. The van der Waals surface area contributed by atoms with Crippen molar-refractivity contribution < 1.29 is 17.9 Å². The molecule has 0 unspecified atom stereocenters. The van der Waals surface area contributed by atoms with Crippen LogP contribution in [0, 0.1) is 0 Å². The molecule has 1 N–H and O–H groups in total. The van der Waals surface area contributed by atoms with E-state index >= 15 is 0 Å². The van der Waals surface area contributed by atoms with Crippen molar-refractivity contribution >= 4 is 5.96 Å². The van der Waals surface area contributed by atoms with Crippen LogP contribution in [0.4, 0.5) is 13.2 Å². The lowest BCUT2D eigenvalue weighted by Gasteiger charge is -2.37. The minimum Gasteiger partial charge on any atom is -0.381 e. The fraction of sp³-hybridized carbons (Fsp3) is 0.522. The molecule has 3 rings (SSSR count). The number of rotatable bonds is 6. The first-order chi connectivity index (χ1) is 14.7. The second-order valence-electron chi connectivity index (χ2n) is 8.11. The molecule has 5 nitrogen and oxygen atoms in total. The molecule has 1 aromatic heterocycles. The van der Waals surface area contributed by atoms with Crippen LogP contribution in [0.5, 0.6) is 0 Å². The third-order valence-corrected chi connectivity index (χ3v) is 5.93. The van der Waals surface area contributed by atoms with Gasteiger partial charge in [0.05, 0.1) is 18.7 Å². The maximum absolute atomic E-state index is 13.3. The number of alkyl halides is 3. The molecule has 8 heteroatoms. The minimum absolute atomic E-state index is 0.400. The Morgan fingerprint density at radius 2 is 1.97 bits per heavy atom. The molecule has 170 valence electrons. The molecule has 0 radical (unpaired) electrons. The van der Waals surface area contributed by atoms with Gasteiger partial charge in [-0.15, -0.1) is 0 Å². The summed E-state index contributed by atoms with van der Waals surface area (Å²) in [6, 6.07) is 9.74. The van der Waals surface area contributed by atoms with Crippen molar-refractivity contribution in [2.24, 2.45) is 12.0 Å². The van der Waals surface area contributed by atoms with Gasteiger partial charge in [0.2, 0.25) is 0 Å². The van der Waals surface area contributed by atoms with Gasteiger partial charge in [0.15, 0.2) is 5.96 Å². The second kappa shape index (κ2) is 9.77. The maximum Gasteiger partial charge on any atom is 0.416 e. The molecular formula is C23H31F3N4O. The van der Waals surface area contributed by atoms with E-state index in [2.05, 4.69) is 16.0 Å². The number of nitrogens with zero attached hydrogens (tertiary/aromatic N) is 3. The van der Waals surface area contributed by atoms with Crippen LogP contribution in [0.2, 0.25) is 0 Å². The van der Waals surface area contributed by atoms with E-state index < -0.39 is 17.2 Å². The molecule has 0 aliphatic carbocycles. The molecule has 0 saturated carbocycles. The number of hydrogen-bond donors (Lipinski definition) is 1. The van der Waals surface area contributed by atoms with Gasteiger partial charge in [0, 0.05) is 51.2 Å². The first kappa shape index (κ1) is 23.2. The molecule has 0 spiro atoms. The zero-order valence-corrected chi connectivity index (χ0v) is 18.4. The highest BCUT2D eigenvalue weighted by atomic mass is 19.4. The largest absolute Gasteiger partial charge is 0.416 e. The lowest BCUT2D eigenvalue weighted by molar-refractivity contribution is -0.137. The Hall–Kier alpha value is -2.48. The zero-order valence-electron chi connectivity index (χ0n) is 18.4. The summed E-state index contributed by atoms with van der Waals surface area (Å²) in [6.45, 7) is 4.81. The Bertz CT molecular complexity index is 885. The highest BCUT2D eigenvalue weighted by Gasteiger charge is 2.37. The lowest BCUT2D eigenvalue weighted by Crippen LogP contribution is -2.42. The van der Waals surface area contributed by atoms with Crippen molar-refractivity contribution in [1.82, 2.24) is 14.8 Å². The number of aliphatic imine (C=N–C) groups is 1. The quantitative estimate of drug-likeness (QED) is 0.545. The summed E-state index contributed by atoms with van der Waals surface area (Å²) in [5.74, 6) is 0.738. The van der Waals surface area contributed by atoms with Crippen LogP contribution in [0.25, 0.3) is 0 Å². The van der Waals surface area contributed by atoms with Crippen LogP contribution in [0.15, 0.2) is 47.6 Å². The second-order valence-corrected chi connectivity index (χ2v) is 8.11. The van der Waals surface area contributed by atoms with E-state index in [1.807, 2.05) is 38.2 Å². The molecule has 31 heavy (non-hydrogen) atoms. The van der Waals surface area contributed by atoms with Crippen molar-refractivity contribution in [3.63, 3.8) is 0 Å².